The number of ether oxygens (including phenoxy) is 1. The molecule has 2 rings (SSSR count). The summed E-state index contributed by atoms with van der Waals surface area (Å²) in [5, 5.41) is 9.13. The highest BCUT2D eigenvalue weighted by Crippen LogP contribution is 2.42. The molecule has 18 heavy (non-hydrogen) atoms. The molecule has 0 aliphatic heterocycles. The summed E-state index contributed by atoms with van der Waals surface area (Å²) in [5.74, 6) is -0.972. The van der Waals surface area contributed by atoms with E-state index in [9.17, 15) is 4.79 Å². The van der Waals surface area contributed by atoms with Crippen molar-refractivity contribution in [2.75, 3.05) is 12.8 Å². The number of benzene rings is 1. The van der Waals surface area contributed by atoms with Crippen LogP contribution >= 0.6 is 0 Å². The van der Waals surface area contributed by atoms with E-state index >= 15 is 0 Å². The van der Waals surface area contributed by atoms with Crippen molar-refractivity contribution >= 4 is 11.7 Å². The first-order valence-electron chi connectivity index (χ1n) is 6.04. The number of methoxy groups -OCH3 is 1. The first-order chi connectivity index (χ1) is 8.36. The van der Waals surface area contributed by atoms with Gasteiger partial charge in [-0.1, -0.05) is 19.9 Å². The Bertz CT molecular complexity index is 494. The Hall–Kier alpha value is -1.55. The third-order valence-corrected chi connectivity index (χ3v) is 3.76. The number of hydrogen-bond donors (Lipinski definition) is 2. The minimum absolute atomic E-state index is 0.163. The highest BCUT2D eigenvalue weighted by molar-refractivity contribution is 5.95. The Morgan fingerprint density at radius 1 is 1.50 bits per heavy atom. The number of rotatable bonds is 2. The van der Waals surface area contributed by atoms with Gasteiger partial charge in [0.25, 0.3) is 0 Å². The van der Waals surface area contributed by atoms with Crippen LogP contribution in [0.4, 0.5) is 5.69 Å². The van der Waals surface area contributed by atoms with E-state index in [1.807, 2.05) is 6.07 Å². The number of fused-ring (bicyclic) bond motifs is 1. The molecule has 0 amide bonds. The molecule has 1 unspecified atom stereocenters. The van der Waals surface area contributed by atoms with Crippen molar-refractivity contribution in [3.8, 4) is 0 Å². The molecule has 0 saturated heterocycles. The van der Waals surface area contributed by atoms with Gasteiger partial charge in [-0.15, -0.1) is 0 Å². The van der Waals surface area contributed by atoms with Crippen molar-refractivity contribution in [1.82, 2.24) is 0 Å². The fourth-order valence-corrected chi connectivity index (χ4v) is 2.98. The first kappa shape index (κ1) is 12.9. The van der Waals surface area contributed by atoms with E-state index in [-0.39, 0.29) is 17.1 Å². The molecule has 0 heterocycles. The summed E-state index contributed by atoms with van der Waals surface area (Å²) in [5.41, 5.74) is 8.54. The third kappa shape index (κ3) is 1.97. The Kier molecular flexibility index (Phi) is 3.07. The number of carbonyl (C=O) groups is 1. The fourth-order valence-electron chi connectivity index (χ4n) is 2.98. The van der Waals surface area contributed by atoms with Crippen LogP contribution in [0.25, 0.3) is 0 Å². The molecule has 0 saturated carbocycles. The number of carboxylic acids is 1. The molecule has 0 spiro atoms. The van der Waals surface area contributed by atoms with E-state index < -0.39 is 5.97 Å². The molecular weight excluding hydrogens is 230 g/mol. The van der Waals surface area contributed by atoms with Gasteiger partial charge in [0.2, 0.25) is 0 Å². The van der Waals surface area contributed by atoms with E-state index in [0.29, 0.717) is 5.69 Å². The number of nitrogen functional groups attached to an aromatic ring is 1. The molecule has 3 N–H and O–H groups in total. The second-order valence-corrected chi connectivity index (χ2v) is 5.52. The molecule has 0 aromatic heterocycles. The van der Waals surface area contributed by atoms with Crippen molar-refractivity contribution in [1.29, 1.82) is 0 Å². The quantitative estimate of drug-likeness (QED) is 0.788. The summed E-state index contributed by atoms with van der Waals surface area (Å²) in [4.78, 5) is 11.1. The van der Waals surface area contributed by atoms with Crippen LogP contribution in [0, 0.1) is 0 Å². The van der Waals surface area contributed by atoms with Crippen LogP contribution in [-0.4, -0.2) is 24.3 Å². The molecule has 1 atom stereocenters. The SMILES string of the molecule is COC1Cc2ccc(C(=O)O)c(N)c2C(C)(C)C1. The molecule has 4 nitrogen and oxygen atoms in total. The van der Waals surface area contributed by atoms with Gasteiger partial charge in [-0.2, -0.15) is 0 Å². The Balaban J connectivity index is 2.59. The number of aromatic carboxylic acids is 1. The maximum atomic E-state index is 11.1. The molecule has 0 bridgehead atoms. The summed E-state index contributed by atoms with van der Waals surface area (Å²) < 4.78 is 5.44. The van der Waals surface area contributed by atoms with Gasteiger partial charge in [0, 0.05) is 7.11 Å². The predicted octanol–water partition coefficient (Wildman–Crippen LogP) is 2.21. The normalized spacial score (nSPS) is 21.4. The molecular formula is C14H19NO3. The Morgan fingerprint density at radius 3 is 2.72 bits per heavy atom. The van der Waals surface area contributed by atoms with Crippen molar-refractivity contribution in [3.63, 3.8) is 0 Å². The zero-order chi connectivity index (χ0) is 13.5. The highest BCUT2D eigenvalue weighted by atomic mass is 16.5. The Labute approximate surface area is 107 Å². The lowest BCUT2D eigenvalue weighted by molar-refractivity contribution is 0.0691. The van der Waals surface area contributed by atoms with Gasteiger partial charge in [0.1, 0.15) is 0 Å². The maximum absolute atomic E-state index is 11.1. The number of nitrogens with two attached hydrogens (primary N) is 1. The van der Waals surface area contributed by atoms with Gasteiger partial charge < -0.3 is 15.6 Å². The maximum Gasteiger partial charge on any atom is 0.337 e. The summed E-state index contributed by atoms with van der Waals surface area (Å²) in [6.45, 7) is 4.16. The zero-order valence-electron chi connectivity index (χ0n) is 11.0. The van der Waals surface area contributed by atoms with Crippen LogP contribution in [0.15, 0.2) is 12.1 Å². The second kappa shape index (κ2) is 4.28. The first-order valence-corrected chi connectivity index (χ1v) is 6.04. The molecule has 1 aliphatic rings. The van der Waals surface area contributed by atoms with Crippen LogP contribution in [0.1, 0.15) is 41.8 Å². The highest BCUT2D eigenvalue weighted by Gasteiger charge is 2.35. The van der Waals surface area contributed by atoms with E-state index in [0.717, 1.165) is 24.0 Å². The second-order valence-electron chi connectivity index (χ2n) is 5.52. The largest absolute Gasteiger partial charge is 0.478 e. The molecule has 1 aromatic rings. The van der Waals surface area contributed by atoms with Crippen molar-refractivity contribution in [2.24, 2.45) is 0 Å². The average molecular weight is 249 g/mol. The Morgan fingerprint density at radius 2 is 2.17 bits per heavy atom. The monoisotopic (exact) mass is 249 g/mol. The van der Waals surface area contributed by atoms with Crippen LogP contribution in [0.3, 0.4) is 0 Å². The zero-order valence-corrected chi connectivity index (χ0v) is 11.0. The van der Waals surface area contributed by atoms with E-state index in [4.69, 9.17) is 15.6 Å². The van der Waals surface area contributed by atoms with Gasteiger partial charge in [-0.05, 0) is 35.4 Å². The lowest BCUT2D eigenvalue weighted by Gasteiger charge is -2.38. The van der Waals surface area contributed by atoms with Crippen LogP contribution < -0.4 is 5.73 Å². The van der Waals surface area contributed by atoms with Gasteiger partial charge in [-0.25, -0.2) is 4.79 Å². The predicted molar refractivity (Wildman–Crippen MR) is 70.0 cm³/mol. The van der Waals surface area contributed by atoms with Gasteiger partial charge in [0.05, 0.1) is 17.4 Å². The lowest BCUT2D eigenvalue weighted by atomic mass is 9.70. The minimum Gasteiger partial charge on any atom is -0.478 e. The number of carboxylic acid groups (broad SMARTS) is 1. The smallest absolute Gasteiger partial charge is 0.337 e. The molecule has 1 aromatic carbocycles. The summed E-state index contributed by atoms with van der Waals surface area (Å²) >= 11 is 0. The van der Waals surface area contributed by atoms with Crippen molar-refractivity contribution in [2.45, 2.75) is 38.2 Å². The van der Waals surface area contributed by atoms with Crippen LogP contribution in [-0.2, 0) is 16.6 Å². The van der Waals surface area contributed by atoms with E-state index in [1.54, 1.807) is 13.2 Å². The molecule has 98 valence electrons. The van der Waals surface area contributed by atoms with Gasteiger partial charge in [0.15, 0.2) is 0 Å². The topological polar surface area (TPSA) is 72.5 Å². The average Bonchev–Trinajstić information content (AvgIpc) is 2.26. The standard InChI is InChI=1S/C14H19NO3/c1-14(2)7-9(18-3)6-8-4-5-10(13(16)17)12(15)11(8)14/h4-5,9H,6-7,15H2,1-3H3,(H,16,17). The van der Waals surface area contributed by atoms with Crippen LogP contribution in [0.2, 0.25) is 0 Å². The minimum atomic E-state index is -0.972. The number of anilines is 1. The molecule has 0 fully saturated rings. The van der Waals surface area contributed by atoms with E-state index in [2.05, 4.69) is 13.8 Å². The van der Waals surface area contributed by atoms with E-state index in [1.165, 1.54) is 0 Å². The molecule has 1 aliphatic carbocycles. The van der Waals surface area contributed by atoms with Crippen LogP contribution in [0.5, 0.6) is 0 Å². The lowest BCUT2D eigenvalue weighted by Crippen LogP contribution is -2.35. The van der Waals surface area contributed by atoms with Gasteiger partial charge in [-0.3, -0.25) is 0 Å². The summed E-state index contributed by atoms with van der Waals surface area (Å²) in [7, 11) is 1.71. The number of hydrogen-bond acceptors (Lipinski definition) is 3. The third-order valence-electron chi connectivity index (χ3n) is 3.76. The van der Waals surface area contributed by atoms with Crippen molar-refractivity contribution < 1.29 is 14.6 Å². The molecule has 0 radical (unpaired) electrons. The fraction of sp³-hybridized carbons (Fsp3) is 0.500. The summed E-state index contributed by atoms with van der Waals surface area (Å²) in [6, 6.07) is 3.45. The van der Waals surface area contributed by atoms with Gasteiger partial charge >= 0.3 is 5.97 Å². The summed E-state index contributed by atoms with van der Waals surface area (Å²) in [6.07, 6.45) is 1.81. The molecule has 4 heteroatoms. The van der Waals surface area contributed by atoms with Crippen molar-refractivity contribution in [3.05, 3.63) is 28.8 Å².